The van der Waals surface area contributed by atoms with Crippen molar-refractivity contribution in [3.8, 4) is 0 Å². The van der Waals surface area contributed by atoms with Gasteiger partial charge in [-0.25, -0.2) is 0 Å². The van der Waals surface area contributed by atoms with Crippen LogP contribution in [0.1, 0.15) is 27.9 Å². The molecule has 0 atom stereocenters. The van der Waals surface area contributed by atoms with E-state index in [1.807, 2.05) is 13.8 Å². The number of thiophene rings is 1. The highest BCUT2D eigenvalue weighted by atomic mass is 32.1. The van der Waals surface area contributed by atoms with Crippen molar-refractivity contribution in [2.24, 2.45) is 0 Å². The van der Waals surface area contributed by atoms with Crippen molar-refractivity contribution in [2.75, 3.05) is 25.4 Å². The van der Waals surface area contributed by atoms with Gasteiger partial charge in [-0.15, -0.1) is 11.3 Å². The molecule has 1 aromatic heterocycles. The normalized spacial score (nSPS) is 10.4. The summed E-state index contributed by atoms with van der Waals surface area (Å²) in [6.07, 6.45) is 0.611. The van der Waals surface area contributed by atoms with E-state index in [2.05, 4.69) is 0 Å². The number of aliphatic hydroxyl groups is 1. The molecule has 3 N–H and O–H groups in total. The van der Waals surface area contributed by atoms with Crippen LogP contribution in [0.4, 0.5) is 5.69 Å². The SMILES string of the molecule is CCN(CCCO)C(=O)c1cc(N)c(C)s1. The second-order valence-corrected chi connectivity index (χ2v) is 4.84. The molecule has 0 aliphatic rings. The summed E-state index contributed by atoms with van der Waals surface area (Å²) >= 11 is 1.42. The topological polar surface area (TPSA) is 66.6 Å². The predicted molar refractivity (Wildman–Crippen MR) is 66.7 cm³/mol. The van der Waals surface area contributed by atoms with Crippen LogP contribution in [0.3, 0.4) is 0 Å². The maximum Gasteiger partial charge on any atom is 0.263 e. The highest BCUT2D eigenvalue weighted by Gasteiger charge is 2.16. The molecule has 0 aromatic carbocycles. The van der Waals surface area contributed by atoms with E-state index in [0.717, 1.165) is 4.88 Å². The molecule has 1 heterocycles. The number of nitrogens with zero attached hydrogens (tertiary/aromatic N) is 1. The lowest BCUT2D eigenvalue weighted by Gasteiger charge is -2.19. The minimum absolute atomic E-state index is 0.000694. The van der Waals surface area contributed by atoms with Crippen LogP contribution in [0.2, 0.25) is 0 Å². The van der Waals surface area contributed by atoms with E-state index in [4.69, 9.17) is 10.8 Å². The van der Waals surface area contributed by atoms with Gasteiger partial charge in [-0.3, -0.25) is 4.79 Å². The molecule has 0 fully saturated rings. The van der Waals surface area contributed by atoms with Crippen LogP contribution in [-0.2, 0) is 0 Å². The number of amides is 1. The largest absolute Gasteiger partial charge is 0.398 e. The number of aryl methyl sites for hydroxylation is 1. The minimum atomic E-state index is 0.000694. The quantitative estimate of drug-likeness (QED) is 0.822. The molecule has 0 saturated carbocycles. The van der Waals surface area contributed by atoms with E-state index < -0.39 is 0 Å². The smallest absolute Gasteiger partial charge is 0.263 e. The van der Waals surface area contributed by atoms with E-state index in [9.17, 15) is 4.79 Å². The number of nitrogens with two attached hydrogens (primary N) is 1. The van der Waals surface area contributed by atoms with Crippen LogP contribution >= 0.6 is 11.3 Å². The first-order valence-corrected chi connectivity index (χ1v) is 6.17. The summed E-state index contributed by atoms with van der Waals surface area (Å²) in [5.74, 6) is 0.000694. The molecule has 0 aliphatic heterocycles. The minimum Gasteiger partial charge on any atom is -0.398 e. The third-order valence-corrected chi connectivity index (χ3v) is 3.48. The summed E-state index contributed by atoms with van der Waals surface area (Å²) in [6.45, 7) is 5.17. The summed E-state index contributed by atoms with van der Waals surface area (Å²) in [4.78, 5) is 15.4. The Hall–Kier alpha value is -1.07. The van der Waals surface area contributed by atoms with Gasteiger partial charge < -0.3 is 15.7 Å². The van der Waals surface area contributed by atoms with Crippen molar-refractivity contribution in [1.29, 1.82) is 0 Å². The van der Waals surface area contributed by atoms with Crippen molar-refractivity contribution in [1.82, 2.24) is 4.90 Å². The summed E-state index contributed by atoms with van der Waals surface area (Å²) in [7, 11) is 0. The number of carbonyl (C=O) groups is 1. The number of rotatable bonds is 5. The molecule has 0 bridgehead atoms. The number of hydrogen-bond donors (Lipinski definition) is 2. The zero-order valence-corrected chi connectivity index (χ0v) is 10.5. The molecule has 0 radical (unpaired) electrons. The molecule has 0 unspecified atom stereocenters. The molecule has 4 nitrogen and oxygen atoms in total. The predicted octanol–water partition coefficient (Wildman–Crippen LogP) is 1.48. The highest BCUT2D eigenvalue weighted by Crippen LogP contribution is 2.24. The molecule has 5 heteroatoms. The Kier molecular flexibility index (Phi) is 4.76. The zero-order chi connectivity index (χ0) is 12.1. The first-order valence-electron chi connectivity index (χ1n) is 5.36. The Morgan fingerprint density at radius 1 is 1.62 bits per heavy atom. The average molecular weight is 242 g/mol. The molecule has 0 spiro atoms. The van der Waals surface area contributed by atoms with Gasteiger partial charge in [0.15, 0.2) is 0 Å². The van der Waals surface area contributed by atoms with Gasteiger partial charge in [-0.05, 0) is 26.3 Å². The molecular weight excluding hydrogens is 224 g/mol. The van der Waals surface area contributed by atoms with Crippen LogP contribution < -0.4 is 5.73 Å². The second kappa shape index (κ2) is 5.86. The molecule has 1 amide bonds. The molecule has 16 heavy (non-hydrogen) atoms. The molecule has 1 rings (SSSR count). The lowest BCUT2D eigenvalue weighted by Crippen LogP contribution is -2.31. The summed E-state index contributed by atoms with van der Waals surface area (Å²) in [6, 6.07) is 1.73. The molecule has 90 valence electrons. The van der Waals surface area contributed by atoms with Crippen molar-refractivity contribution >= 4 is 22.9 Å². The van der Waals surface area contributed by atoms with Crippen LogP contribution in [0.15, 0.2) is 6.07 Å². The van der Waals surface area contributed by atoms with E-state index in [-0.39, 0.29) is 12.5 Å². The Bertz CT molecular complexity index is 343. The lowest BCUT2D eigenvalue weighted by atomic mass is 10.3. The monoisotopic (exact) mass is 242 g/mol. The van der Waals surface area contributed by atoms with Gasteiger partial charge in [0.1, 0.15) is 0 Å². The fourth-order valence-corrected chi connectivity index (χ4v) is 2.33. The second-order valence-electron chi connectivity index (χ2n) is 3.58. The maximum atomic E-state index is 12.0. The Morgan fingerprint density at radius 3 is 2.75 bits per heavy atom. The number of aliphatic hydroxyl groups excluding tert-OH is 1. The van der Waals surface area contributed by atoms with Crippen molar-refractivity contribution in [3.05, 3.63) is 15.8 Å². The van der Waals surface area contributed by atoms with E-state index in [0.29, 0.717) is 30.1 Å². The van der Waals surface area contributed by atoms with Crippen molar-refractivity contribution in [3.63, 3.8) is 0 Å². The van der Waals surface area contributed by atoms with Crippen molar-refractivity contribution < 1.29 is 9.90 Å². The molecule has 1 aromatic rings. The third kappa shape index (κ3) is 2.96. The standard InChI is InChI=1S/C11H18N2O2S/c1-3-13(5-4-6-14)11(15)10-7-9(12)8(2)16-10/h7,14H,3-6,12H2,1-2H3. The van der Waals surface area contributed by atoms with Gasteiger partial charge in [0.05, 0.1) is 4.88 Å². The van der Waals surface area contributed by atoms with Crippen molar-refractivity contribution in [2.45, 2.75) is 20.3 Å². The summed E-state index contributed by atoms with van der Waals surface area (Å²) in [5, 5.41) is 8.76. The Balaban J connectivity index is 2.74. The van der Waals surface area contributed by atoms with E-state index >= 15 is 0 Å². The molecule has 0 saturated heterocycles. The molecular formula is C11H18N2O2S. The lowest BCUT2D eigenvalue weighted by molar-refractivity contribution is 0.0759. The van der Waals surface area contributed by atoms with Crippen LogP contribution in [-0.4, -0.2) is 35.6 Å². The highest BCUT2D eigenvalue weighted by molar-refractivity contribution is 7.14. The van der Waals surface area contributed by atoms with E-state index in [1.165, 1.54) is 11.3 Å². The van der Waals surface area contributed by atoms with Crippen LogP contribution in [0.5, 0.6) is 0 Å². The number of nitrogen functional groups attached to an aromatic ring is 1. The Morgan fingerprint density at radius 2 is 2.31 bits per heavy atom. The fraction of sp³-hybridized carbons (Fsp3) is 0.545. The first-order chi connectivity index (χ1) is 7.60. The maximum absolute atomic E-state index is 12.0. The van der Waals surface area contributed by atoms with Crippen LogP contribution in [0, 0.1) is 6.92 Å². The average Bonchev–Trinajstić information content (AvgIpc) is 2.60. The number of carbonyl (C=O) groups excluding carboxylic acids is 1. The Labute approximate surface area is 99.7 Å². The van der Waals surface area contributed by atoms with E-state index in [1.54, 1.807) is 11.0 Å². The third-order valence-electron chi connectivity index (χ3n) is 2.42. The summed E-state index contributed by atoms with van der Waals surface area (Å²) < 4.78 is 0. The van der Waals surface area contributed by atoms with Crippen LogP contribution in [0.25, 0.3) is 0 Å². The number of anilines is 1. The van der Waals surface area contributed by atoms with Gasteiger partial charge in [-0.1, -0.05) is 0 Å². The zero-order valence-electron chi connectivity index (χ0n) is 9.69. The first kappa shape index (κ1) is 13.0. The van der Waals surface area contributed by atoms with Gasteiger partial charge >= 0.3 is 0 Å². The number of hydrogen-bond acceptors (Lipinski definition) is 4. The van der Waals surface area contributed by atoms with Gasteiger partial charge in [-0.2, -0.15) is 0 Å². The summed E-state index contributed by atoms with van der Waals surface area (Å²) in [5.41, 5.74) is 6.39. The molecule has 0 aliphatic carbocycles. The van der Waals surface area contributed by atoms with Gasteiger partial charge in [0.2, 0.25) is 0 Å². The fourth-order valence-electron chi connectivity index (χ4n) is 1.42. The van der Waals surface area contributed by atoms with Gasteiger partial charge in [0.25, 0.3) is 5.91 Å². The van der Waals surface area contributed by atoms with Gasteiger partial charge in [0, 0.05) is 30.3 Å².